The third-order valence-electron chi connectivity index (χ3n) is 5.81. The van der Waals surface area contributed by atoms with E-state index in [1.54, 1.807) is 0 Å². The van der Waals surface area contributed by atoms with Crippen LogP contribution in [0, 0.1) is 11.8 Å². The van der Waals surface area contributed by atoms with Gasteiger partial charge in [-0.1, -0.05) is 31.9 Å². The summed E-state index contributed by atoms with van der Waals surface area (Å²) in [6.07, 6.45) is 7.63. The second-order valence-electron chi connectivity index (χ2n) is 8.44. The van der Waals surface area contributed by atoms with Gasteiger partial charge in [-0.3, -0.25) is 4.79 Å². The summed E-state index contributed by atoms with van der Waals surface area (Å²) >= 11 is 0. The van der Waals surface area contributed by atoms with Crippen LogP contribution in [0.1, 0.15) is 57.4 Å². The lowest BCUT2D eigenvalue weighted by Crippen LogP contribution is -2.35. The van der Waals surface area contributed by atoms with Crippen LogP contribution in [0.15, 0.2) is 24.3 Å². The molecule has 1 aromatic rings. The summed E-state index contributed by atoms with van der Waals surface area (Å²) in [5, 5.41) is 12.9. The second kappa shape index (κ2) is 13.7. The van der Waals surface area contributed by atoms with E-state index in [4.69, 9.17) is 4.74 Å². The number of piperidine rings is 1. The molecule has 7 nitrogen and oxygen atoms in total. The fraction of sp³-hybridized carbons (Fsp3) is 0.696. The highest BCUT2D eigenvalue weighted by Crippen LogP contribution is 2.20. The fourth-order valence-electron chi connectivity index (χ4n) is 3.78. The van der Waals surface area contributed by atoms with Crippen LogP contribution < -0.4 is 14.8 Å². The average molecular weight is 455 g/mol. The van der Waals surface area contributed by atoms with Gasteiger partial charge in [-0.15, -0.1) is 0 Å². The highest BCUT2D eigenvalue weighted by atomic mass is 32.2. The van der Waals surface area contributed by atoms with Gasteiger partial charge in [-0.05, 0) is 75.2 Å². The Morgan fingerprint density at radius 2 is 1.90 bits per heavy atom. The van der Waals surface area contributed by atoms with Crippen LogP contribution in [0.3, 0.4) is 0 Å². The van der Waals surface area contributed by atoms with Crippen LogP contribution >= 0.6 is 0 Å². The van der Waals surface area contributed by atoms with Crippen LogP contribution in [-0.2, 0) is 21.2 Å². The zero-order valence-electron chi connectivity index (χ0n) is 18.6. The number of benzene rings is 1. The Kier molecular flexibility index (Phi) is 11.3. The van der Waals surface area contributed by atoms with E-state index in [-0.39, 0.29) is 18.7 Å². The molecule has 1 fully saturated rings. The minimum absolute atomic E-state index is 0.0275. The van der Waals surface area contributed by atoms with Crippen molar-refractivity contribution in [2.75, 3.05) is 32.0 Å². The number of aliphatic carboxylic acids is 1. The lowest BCUT2D eigenvalue weighted by molar-refractivity contribution is -0.141. The third-order valence-corrected chi connectivity index (χ3v) is 7.24. The number of hydrogen-bond acceptors (Lipinski definition) is 5. The number of sulfonamides is 1. The van der Waals surface area contributed by atoms with Crippen molar-refractivity contribution in [2.24, 2.45) is 11.8 Å². The Balaban J connectivity index is 1.71. The Hall–Kier alpha value is -1.64. The minimum atomic E-state index is -3.43. The van der Waals surface area contributed by atoms with Crippen molar-refractivity contribution in [3.63, 3.8) is 0 Å². The van der Waals surface area contributed by atoms with Crippen molar-refractivity contribution in [3.05, 3.63) is 29.8 Å². The molecule has 0 amide bonds. The number of carboxylic acid groups (broad SMARTS) is 1. The molecule has 1 unspecified atom stereocenters. The van der Waals surface area contributed by atoms with E-state index in [0.717, 1.165) is 43.2 Å². The standard InChI is InChI=1S/C23H38N2O5S/c1-2-3-16-31(28,29)25-18-21(23(26)27)17-20-7-9-22(10-8-20)30-15-5-4-6-19-11-13-24-14-12-19/h7-10,19,21,24-25H,2-6,11-18H2,1H3,(H,26,27). The van der Waals surface area contributed by atoms with Crippen molar-refractivity contribution in [2.45, 2.75) is 58.3 Å². The van der Waals surface area contributed by atoms with Crippen LogP contribution in [0.25, 0.3) is 0 Å². The highest BCUT2D eigenvalue weighted by molar-refractivity contribution is 7.89. The lowest BCUT2D eigenvalue weighted by Gasteiger charge is -2.22. The van der Waals surface area contributed by atoms with Crippen molar-refractivity contribution in [1.29, 1.82) is 0 Å². The average Bonchev–Trinajstić information content (AvgIpc) is 2.76. The maximum atomic E-state index is 11.9. The van der Waals surface area contributed by atoms with Crippen molar-refractivity contribution >= 4 is 16.0 Å². The first-order chi connectivity index (χ1) is 14.9. The van der Waals surface area contributed by atoms with Gasteiger partial charge in [-0.25, -0.2) is 13.1 Å². The molecule has 0 aliphatic carbocycles. The fourth-order valence-corrected chi connectivity index (χ4v) is 5.05. The molecule has 0 radical (unpaired) electrons. The first kappa shape index (κ1) is 25.6. The van der Waals surface area contributed by atoms with Crippen LogP contribution in [0.2, 0.25) is 0 Å². The molecule has 1 atom stereocenters. The molecule has 1 heterocycles. The first-order valence-corrected chi connectivity index (χ1v) is 13.2. The summed E-state index contributed by atoms with van der Waals surface area (Å²) in [5.74, 6) is -0.165. The monoisotopic (exact) mass is 454 g/mol. The molecule has 8 heteroatoms. The maximum Gasteiger partial charge on any atom is 0.308 e. The topological polar surface area (TPSA) is 105 Å². The predicted molar refractivity (Wildman–Crippen MR) is 123 cm³/mol. The van der Waals surface area contributed by atoms with Gasteiger partial charge in [0.15, 0.2) is 0 Å². The van der Waals surface area contributed by atoms with Crippen LogP contribution in [-0.4, -0.2) is 51.5 Å². The molecule has 0 bridgehead atoms. The van der Waals surface area contributed by atoms with E-state index in [2.05, 4.69) is 10.0 Å². The number of rotatable bonds is 15. The van der Waals surface area contributed by atoms with Gasteiger partial charge in [0.25, 0.3) is 0 Å². The van der Waals surface area contributed by atoms with Gasteiger partial charge in [0.2, 0.25) is 10.0 Å². The SMILES string of the molecule is CCCCS(=O)(=O)NCC(Cc1ccc(OCCCCC2CCNCC2)cc1)C(=O)O. The molecule has 0 aromatic heterocycles. The molecule has 1 aromatic carbocycles. The van der Waals surface area contributed by atoms with Crippen molar-refractivity contribution in [3.8, 4) is 5.75 Å². The number of unbranched alkanes of at least 4 members (excludes halogenated alkanes) is 2. The van der Waals surface area contributed by atoms with Gasteiger partial charge >= 0.3 is 5.97 Å². The molecule has 1 aliphatic heterocycles. The molecule has 3 N–H and O–H groups in total. The minimum Gasteiger partial charge on any atom is -0.494 e. The maximum absolute atomic E-state index is 11.9. The summed E-state index contributed by atoms with van der Waals surface area (Å²) in [6.45, 7) is 4.78. The molecule has 1 saturated heterocycles. The van der Waals surface area contributed by atoms with Crippen molar-refractivity contribution < 1.29 is 23.1 Å². The molecular weight excluding hydrogens is 416 g/mol. The molecule has 2 rings (SSSR count). The van der Waals surface area contributed by atoms with E-state index < -0.39 is 21.9 Å². The normalized spacial score (nSPS) is 16.2. The largest absolute Gasteiger partial charge is 0.494 e. The van der Waals surface area contributed by atoms with Crippen molar-refractivity contribution in [1.82, 2.24) is 10.0 Å². The second-order valence-corrected chi connectivity index (χ2v) is 10.4. The van der Waals surface area contributed by atoms with E-state index in [1.165, 1.54) is 25.7 Å². The number of carboxylic acids is 1. The van der Waals surface area contributed by atoms with Crippen LogP contribution in [0.5, 0.6) is 5.75 Å². The summed E-state index contributed by atoms with van der Waals surface area (Å²) in [6, 6.07) is 7.41. The van der Waals surface area contributed by atoms with E-state index in [0.29, 0.717) is 13.0 Å². The molecule has 0 saturated carbocycles. The van der Waals surface area contributed by atoms with Gasteiger partial charge in [0.1, 0.15) is 5.75 Å². The number of ether oxygens (including phenoxy) is 1. The quantitative estimate of drug-likeness (QED) is 0.352. The highest BCUT2D eigenvalue weighted by Gasteiger charge is 2.21. The zero-order chi connectivity index (χ0) is 22.5. The Bertz CT molecular complexity index is 746. The molecular formula is C23H38N2O5S. The predicted octanol–water partition coefficient (Wildman–Crippen LogP) is 3.20. The Labute approximate surface area is 187 Å². The van der Waals surface area contributed by atoms with Gasteiger partial charge in [-0.2, -0.15) is 0 Å². The van der Waals surface area contributed by atoms with Gasteiger partial charge in [0.05, 0.1) is 18.3 Å². The van der Waals surface area contributed by atoms with E-state index in [9.17, 15) is 18.3 Å². The van der Waals surface area contributed by atoms with Gasteiger partial charge in [0, 0.05) is 6.54 Å². The van der Waals surface area contributed by atoms with Crippen LogP contribution in [0.4, 0.5) is 0 Å². The summed E-state index contributed by atoms with van der Waals surface area (Å²) in [7, 11) is -3.43. The van der Waals surface area contributed by atoms with Gasteiger partial charge < -0.3 is 15.2 Å². The van der Waals surface area contributed by atoms with E-state index >= 15 is 0 Å². The first-order valence-electron chi connectivity index (χ1n) is 11.5. The Morgan fingerprint density at radius 3 is 2.55 bits per heavy atom. The Morgan fingerprint density at radius 1 is 1.19 bits per heavy atom. The lowest BCUT2D eigenvalue weighted by atomic mass is 9.93. The third kappa shape index (κ3) is 10.5. The smallest absolute Gasteiger partial charge is 0.308 e. The molecule has 31 heavy (non-hydrogen) atoms. The van der Waals surface area contributed by atoms with E-state index in [1.807, 2.05) is 31.2 Å². The summed E-state index contributed by atoms with van der Waals surface area (Å²) in [4.78, 5) is 11.6. The zero-order valence-corrected chi connectivity index (χ0v) is 19.5. The number of carbonyl (C=O) groups is 1. The number of nitrogens with one attached hydrogen (secondary N) is 2. The summed E-state index contributed by atoms with van der Waals surface area (Å²) < 4.78 is 32.1. The molecule has 1 aliphatic rings. The number of hydrogen-bond donors (Lipinski definition) is 3. The summed E-state index contributed by atoms with van der Waals surface area (Å²) in [5.41, 5.74) is 0.846. The molecule has 0 spiro atoms. The molecule has 176 valence electrons.